The average Bonchev–Trinajstić information content (AvgIpc) is 2.87. The lowest BCUT2D eigenvalue weighted by Crippen LogP contribution is -2.52. The summed E-state index contributed by atoms with van der Waals surface area (Å²) in [5.41, 5.74) is 1.11. The van der Waals surface area contributed by atoms with Crippen LogP contribution in [0, 0.1) is 12.7 Å². The number of benzene rings is 3. The van der Waals surface area contributed by atoms with Gasteiger partial charge in [-0.25, -0.2) is 12.8 Å². The van der Waals surface area contributed by atoms with Crippen molar-refractivity contribution >= 4 is 50.7 Å². The first-order chi connectivity index (χ1) is 18.3. The van der Waals surface area contributed by atoms with E-state index in [1.54, 1.807) is 51.1 Å². The fourth-order valence-electron chi connectivity index (χ4n) is 3.83. The monoisotopic (exact) mass is 593 g/mol. The Hall–Kier alpha value is -3.14. The molecule has 0 unspecified atom stereocenters. The zero-order valence-electron chi connectivity index (χ0n) is 22.0. The predicted octanol–water partition coefficient (Wildman–Crippen LogP) is 5.58. The number of nitrogens with zero attached hydrogens (tertiary/aromatic N) is 2. The standard InChI is InChI=1S/C28H30Cl2FN3O4S/c1-18(2)32-28(36)20(4)33(16-21-11-14-23(29)24(30)15-21)27(35)17-34(26-8-6-5-7-25(26)31)39(37,38)22-12-9-19(3)10-13-22/h5-15,18,20H,16-17H2,1-4H3,(H,32,36)/t20-/m1/s1. The molecule has 0 fully saturated rings. The van der Waals surface area contributed by atoms with Crippen molar-refractivity contribution in [2.75, 3.05) is 10.8 Å². The molecule has 1 N–H and O–H groups in total. The van der Waals surface area contributed by atoms with Crippen LogP contribution in [0.4, 0.5) is 10.1 Å². The van der Waals surface area contributed by atoms with Crippen LogP contribution in [-0.2, 0) is 26.2 Å². The Balaban J connectivity index is 2.05. The summed E-state index contributed by atoms with van der Waals surface area (Å²) >= 11 is 12.2. The number of carbonyl (C=O) groups excluding carboxylic acids is 2. The van der Waals surface area contributed by atoms with Crippen molar-refractivity contribution in [3.63, 3.8) is 0 Å². The molecule has 0 saturated heterocycles. The predicted molar refractivity (Wildman–Crippen MR) is 152 cm³/mol. The third kappa shape index (κ3) is 7.50. The summed E-state index contributed by atoms with van der Waals surface area (Å²) < 4.78 is 43.1. The van der Waals surface area contributed by atoms with Crippen LogP contribution >= 0.6 is 23.2 Å². The number of nitrogens with one attached hydrogen (secondary N) is 1. The fraction of sp³-hybridized carbons (Fsp3) is 0.286. The second-order valence-corrected chi connectivity index (χ2v) is 12.1. The van der Waals surface area contributed by atoms with Crippen molar-refractivity contribution in [3.05, 3.63) is 93.7 Å². The SMILES string of the molecule is Cc1ccc(S(=O)(=O)N(CC(=O)N(Cc2ccc(Cl)c(Cl)c2)[C@H](C)C(=O)NC(C)C)c2ccccc2F)cc1. The topological polar surface area (TPSA) is 86.8 Å². The molecule has 3 aromatic rings. The quantitative estimate of drug-likeness (QED) is 0.332. The molecule has 11 heteroatoms. The minimum atomic E-state index is -4.37. The third-order valence-electron chi connectivity index (χ3n) is 5.94. The number of rotatable bonds is 10. The van der Waals surface area contributed by atoms with E-state index >= 15 is 0 Å². The third-order valence-corrected chi connectivity index (χ3v) is 8.46. The molecule has 2 amide bonds. The molecule has 3 aromatic carbocycles. The number of anilines is 1. The number of hydrogen-bond acceptors (Lipinski definition) is 4. The van der Waals surface area contributed by atoms with Gasteiger partial charge in [0.2, 0.25) is 11.8 Å². The molecule has 0 aliphatic rings. The summed E-state index contributed by atoms with van der Waals surface area (Å²) in [4.78, 5) is 27.9. The Bertz CT molecular complexity index is 1450. The van der Waals surface area contributed by atoms with Gasteiger partial charge in [0.15, 0.2) is 0 Å². The van der Waals surface area contributed by atoms with Crippen molar-refractivity contribution in [1.29, 1.82) is 0 Å². The van der Waals surface area contributed by atoms with Crippen molar-refractivity contribution in [1.82, 2.24) is 10.2 Å². The normalized spacial score (nSPS) is 12.2. The van der Waals surface area contributed by atoms with Crippen LogP contribution in [0.3, 0.4) is 0 Å². The minimum absolute atomic E-state index is 0.0713. The summed E-state index contributed by atoms with van der Waals surface area (Å²) in [6, 6.07) is 14.9. The van der Waals surface area contributed by atoms with Crippen LogP contribution in [0.15, 0.2) is 71.6 Å². The second kappa shape index (κ2) is 12.8. The van der Waals surface area contributed by atoms with Gasteiger partial charge in [0.25, 0.3) is 10.0 Å². The summed E-state index contributed by atoms with van der Waals surface area (Å²) in [6.45, 7) is 6.08. The van der Waals surface area contributed by atoms with Crippen molar-refractivity contribution < 1.29 is 22.4 Å². The summed E-state index contributed by atoms with van der Waals surface area (Å²) in [6.07, 6.45) is 0. The van der Waals surface area contributed by atoms with E-state index < -0.39 is 40.2 Å². The second-order valence-electron chi connectivity index (χ2n) is 9.39. The highest BCUT2D eigenvalue weighted by atomic mass is 35.5. The van der Waals surface area contributed by atoms with E-state index in [2.05, 4.69) is 5.32 Å². The Labute approximate surface area is 238 Å². The number of hydrogen-bond donors (Lipinski definition) is 1. The van der Waals surface area contributed by atoms with E-state index in [0.717, 1.165) is 15.9 Å². The Kier molecular flexibility index (Phi) is 9.98. The number of aryl methyl sites for hydroxylation is 1. The molecule has 7 nitrogen and oxygen atoms in total. The molecule has 0 aromatic heterocycles. The van der Waals surface area contributed by atoms with Gasteiger partial charge in [-0.05, 0) is 69.7 Å². The minimum Gasteiger partial charge on any atom is -0.352 e. The van der Waals surface area contributed by atoms with Gasteiger partial charge in [0, 0.05) is 12.6 Å². The van der Waals surface area contributed by atoms with E-state index in [0.29, 0.717) is 10.6 Å². The number of amides is 2. The van der Waals surface area contributed by atoms with Crippen LogP contribution in [0.25, 0.3) is 0 Å². The van der Waals surface area contributed by atoms with Gasteiger partial charge in [-0.3, -0.25) is 13.9 Å². The molecule has 3 rings (SSSR count). The fourth-order valence-corrected chi connectivity index (χ4v) is 5.57. The largest absolute Gasteiger partial charge is 0.352 e. The first-order valence-corrected chi connectivity index (χ1v) is 14.4. The zero-order valence-corrected chi connectivity index (χ0v) is 24.3. The van der Waals surface area contributed by atoms with Crippen molar-refractivity contribution in [2.24, 2.45) is 0 Å². The van der Waals surface area contributed by atoms with Gasteiger partial charge in [-0.2, -0.15) is 0 Å². The van der Waals surface area contributed by atoms with Gasteiger partial charge in [0.05, 0.1) is 20.6 Å². The van der Waals surface area contributed by atoms with Crippen LogP contribution in [0.2, 0.25) is 10.0 Å². The first kappa shape index (κ1) is 30.4. The van der Waals surface area contributed by atoms with E-state index in [9.17, 15) is 22.4 Å². The lowest BCUT2D eigenvalue weighted by Gasteiger charge is -2.32. The zero-order chi connectivity index (χ0) is 28.9. The highest BCUT2D eigenvalue weighted by Crippen LogP contribution is 2.28. The van der Waals surface area contributed by atoms with Gasteiger partial charge in [-0.15, -0.1) is 0 Å². The van der Waals surface area contributed by atoms with Gasteiger partial charge in [-0.1, -0.05) is 59.1 Å². The maximum atomic E-state index is 14.9. The van der Waals surface area contributed by atoms with Gasteiger partial charge >= 0.3 is 0 Å². The highest BCUT2D eigenvalue weighted by Gasteiger charge is 2.33. The van der Waals surface area contributed by atoms with Gasteiger partial charge in [0.1, 0.15) is 18.4 Å². The Morgan fingerprint density at radius 3 is 2.18 bits per heavy atom. The van der Waals surface area contributed by atoms with Crippen LogP contribution < -0.4 is 9.62 Å². The number of para-hydroxylation sites is 1. The summed E-state index contributed by atoms with van der Waals surface area (Å²) in [5.74, 6) is -1.97. The molecule has 208 valence electrons. The van der Waals surface area contributed by atoms with E-state index in [4.69, 9.17) is 23.2 Å². The molecule has 0 aliphatic heterocycles. The van der Waals surface area contributed by atoms with Crippen LogP contribution in [0.5, 0.6) is 0 Å². The molecule has 1 atom stereocenters. The van der Waals surface area contributed by atoms with Crippen molar-refractivity contribution in [3.8, 4) is 0 Å². The smallest absolute Gasteiger partial charge is 0.264 e. The lowest BCUT2D eigenvalue weighted by atomic mass is 10.1. The molecule has 39 heavy (non-hydrogen) atoms. The summed E-state index contributed by atoms with van der Waals surface area (Å²) in [7, 11) is -4.37. The lowest BCUT2D eigenvalue weighted by molar-refractivity contribution is -0.139. The van der Waals surface area contributed by atoms with E-state index in [-0.39, 0.29) is 28.2 Å². The maximum absolute atomic E-state index is 14.9. The molecule has 0 heterocycles. The molecule has 0 bridgehead atoms. The van der Waals surface area contributed by atoms with E-state index in [1.165, 1.54) is 42.2 Å². The van der Waals surface area contributed by atoms with Crippen molar-refractivity contribution in [2.45, 2.75) is 51.2 Å². The Morgan fingerprint density at radius 2 is 1.59 bits per heavy atom. The highest BCUT2D eigenvalue weighted by molar-refractivity contribution is 7.92. The molecular formula is C28H30Cl2FN3O4S. The molecule has 0 spiro atoms. The Morgan fingerprint density at radius 1 is 0.949 bits per heavy atom. The maximum Gasteiger partial charge on any atom is 0.264 e. The molecule has 0 saturated carbocycles. The molecule has 0 radical (unpaired) electrons. The molecular weight excluding hydrogens is 564 g/mol. The molecule has 0 aliphatic carbocycles. The van der Waals surface area contributed by atoms with E-state index in [1.807, 2.05) is 0 Å². The van der Waals surface area contributed by atoms with Gasteiger partial charge < -0.3 is 10.2 Å². The first-order valence-electron chi connectivity index (χ1n) is 12.2. The number of carbonyl (C=O) groups is 2. The number of halogens is 3. The van der Waals surface area contributed by atoms with Crippen LogP contribution in [0.1, 0.15) is 31.9 Å². The number of sulfonamides is 1. The van der Waals surface area contributed by atoms with Crippen LogP contribution in [-0.4, -0.2) is 43.8 Å². The average molecular weight is 595 g/mol. The summed E-state index contributed by atoms with van der Waals surface area (Å²) in [5, 5.41) is 3.35.